The number of phenols is 1. The molecule has 3 aromatic carbocycles. The van der Waals surface area contributed by atoms with Gasteiger partial charge in [0.05, 0.1) is 6.10 Å². The van der Waals surface area contributed by atoms with Crippen LogP contribution in [0.3, 0.4) is 0 Å². The topological polar surface area (TPSA) is 83.5 Å². The van der Waals surface area contributed by atoms with E-state index >= 15 is 0 Å². The second-order valence-electron chi connectivity index (χ2n) is 7.51. The van der Waals surface area contributed by atoms with Gasteiger partial charge in [0, 0.05) is 25.2 Å². The van der Waals surface area contributed by atoms with Crippen LogP contribution in [0.25, 0.3) is 0 Å². The first-order valence-corrected chi connectivity index (χ1v) is 14.1. The van der Waals surface area contributed by atoms with E-state index in [-0.39, 0.29) is 25.3 Å². The van der Waals surface area contributed by atoms with Gasteiger partial charge in [-0.2, -0.15) is 0 Å². The number of aldehydes is 1. The second-order valence-corrected chi connectivity index (χ2v) is 8.16. The van der Waals surface area contributed by atoms with E-state index < -0.39 is 0 Å². The summed E-state index contributed by atoms with van der Waals surface area (Å²) in [6.45, 7) is 10.5. The van der Waals surface area contributed by atoms with Crippen LogP contribution >= 0.6 is 28.3 Å². The first-order chi connectivity index (χ1) is 19.0. The van der Waals surface area contributed by atoms with Crippen molar-refractivity contribution in [1.29, 1.82) is 0 Å². The summed E-state index contributed by atoms with van der Waals surface area (Å²) in [5.74, 6) is 1.89. The highest BCUT2D eigenvalue weighted by Crippen LogP contribution is 2.10. The van der Waals surface area contributed by atoms with Gasteiger partial charge in [-0.05, 0) is 64.1 Å². The average molecular weight is 644 g/mol. The maximum absolute atomic E-state index is 9.85. The number of rotatable bonds is 13. The lowest BCUT2D eigenvalue weighted by Crippen LogP contribution is -2.25. The molecule has 1 unspecified atom stereocenters. The number of alkyl halides is 1. The minimum Gasteiger partial charge on any atom is -0.508 e. The molecule has 1 N–H and O–H groups in total. The lowest BCUT2D eigenvalue weighted by Gasteiger charge is -2.17. The summed E-state index contributed by atoms with van der Waals surface area (Å²) in [6, 6.07) is 27.6. The molecule has 0 bridgehead atoms. The fourth-order valence-electron chi connectivity index (χ4n) is 2.60. The highest BCUT2D eigenvalue weighted by Gasteiger charge is 2.08. The molecule has 1 atom stereocenters. The molecule has 7 nitrogen and oxygen atoms in total. The summed E-state index contributed by atoms with van der Waals surface area (Å²) in [7, 11) is 0. The molecule has 0 spiro atoms. The van der Waals surface area contributed by atoms with E-state index in [0.717, 1.165) is 29.7 Å². The number of halogens is 2. The standard InChI is InChI=1S/C12H18O3.C8H8O2.C6H6O.C5H11BrO.ClH/c1-3-13-12(14-4-2)10-15-11-8-6-5-7-9-11;9-6-7-10-8-4-2-1-3-5-8;7-6-4-2-1-3-5-6;1-3-7-5(2)4-6;/h5-9,12H,3-4,10H2,1-2H3;1-6H,7H2;1-5,7H;5H,3-4H2,1-2H3;1H. The van der Waals surface area contributed by atoms with E-state index in [9.17, 15) is 4.79 Å². The van der Waals surface area contributed by atoms with Crippen LogP contribution in [0.1, 0.15) is 27.7 Å². The lowest BCUT2D eigenvalue weighted by atomic mass is 10.3. The van der Waals surface area contributed by atoms with Crippen molar-refractivity contribution in [2.75, 3.05) is 38.4 Å². The van der Waals surface area contributed by atoms with Gasteiger partial charge < -0.3 is 28.8 Å². The third-order valence-corrected chi connectivity index (χ3v) is 5.23. The van der Waals surface area contributed by atoms with E-state index in [1.165, 1.54) is 0 Å². The molecule has 0 aliphatic carbocycles. The van der Waals surface area contributed by atoms with Crippen LogP contribution in [-0.2, 0) is 19.0 Å². The maximum atomic E-state index is 9.85. The predicted molar refractivity (Wildman–Crippen MR) is 167 cm³/mol. The van der Waals surface area contributed by atoms with E-state index in [4.69, 9.17) is 28.8 Å². The molecule has 0 aliphatic heterocycles. The van der Waals surface area contributed by atoms with E-state index in [1.807, 2.05) is 94.4 Å². The molecule has 9 heteroatoms. The van der Waals surface area contributed by atoms with Crippen molar-refractivity contribution in [2.24, 2.45) is 0 Å². The van der Waals surface area contributed by atoms with Crippen molar-refractivity contribution in [3.05, 3.63) is 91.0 Å². The van der Waals surface area contributed by atoms with Crippen molar-refractivity contribution < 1.29 is 33.6 Å². The first kappa shape index (κ1) is 39.5. The Kier molecular flexibility index (Phi) is 29.0. The number of carbonyl (C=O) groups excluding carboxylic acids is 1. The van der Waals surface area contributed by atoms with Crippen LogP contribution < -0.4 is 9.47 Å². The number of hydrogen-bond acceptors (Lipinski definition) is 7. The molecule has 3 aromatic rings. The van der Waals surface area contributed by atoms with Crippen LogP contribution in [-0.4, -0.2) is 62.2 Å². The van der Waals surface area contributed by atoms with Crippen LogP contribution in [0.5, 0.6) is 17.2 Å². The lowest BCUT2D eigenvalue weighted by molar-refractivity contribution is -0.152. The molecule has 0 aliphatic rings. The summed E-state index contributed by atoms with van der Waals surface area (Å²) in [5.41, 5.74) is 0. The minimum absolute atomic E-state index is 0. The number of hydrogen-bond donors (Lipinski definition) is 1. The quantitative estimate of drug-likeness (QED) is 0.118. The predicted octanol–water partition coefficient (Wildman–Crippen LogP) is 7.35. The molecular weight excluding hydrogens is 600 g/mol. The zero-order valence-corrected chi connectivity index (χ0v) is 26.2. The fourth-order valence-corrected chi connectivity index (χ4v) is 2.79. The Morgan fingerprint density at radius 3 is 1.48 bits per heavy atom. The first-order valence-electron chi connectivity index (χ1n) is 12.9. The van der Waals surface area contributed by atoms with Crippen LogP contribution in [0.4, 0.5) is 0 Å². The number of carbonyl (C=O) groups is 1. The van der Waals surface area contributed by atoms with Crippen LogP contribution in [0.15, 0.2) is 91.0 Å². The molecule has 0 fully saturated rings. The summed E-state index contributed by atoms with van der Waals surface area (Å²) < 4.78 is 26.4. The molecule has 0 aromatic heterocycles. The Morgan fingerprint density at radius 1 is 0.725 bits per heavy atom. The average Bonchev–Trinajstić information content (AvgIpc) is 2.98. The molecular formula is C31H44BrClO7. The van der Waals surface area contributed by atoms with Gasteiger partial charge in [-0.1, -0.05) is 70.5 Å². The number of phenolic OH excluding ortho intramolecular Hbond substituents is 1. The van der Waals surface area contributed by atoms with Gasteiger partial charge in [-0.25, -0.2) is 0 Å². The molecule has 0 saturated heterocycles. The van der Waals surface area contributed by atoms with E-state index in [0.29, 0.717) is 31.7 Å². The largest absolute Gasteiger partial charge is 0.508 e. The summed E-state index contributed by atoms with van der Waals surface area (Å²) in [4.78, 5) is 9.85. The Bertz CT molecular complexity index is 899. The monoisotopic (exact) mass is 642 g/mol. The molecule has 0 saturated carbocycles. The Balaban J connectivity index is 0. The van der Waals surface area contributed by atoms with Gasteiger partial charge in [0.15, 0.2) is 12.6 Å². The van der Waals surface area contributed by atoms with Crippen molar-refractivity contribution >= 4 is 34.6 Å². The summed E-state index contributed by atoms with van der Waals surface area (Å²) in [6.07, 6.45) is 0.817. The summed E-state index contributed by atoms with van der Waals surface area (Å²) >= 11 is 3.29. The summed E-state index contributed by atoms with van der Waals surface area (Å²) in [5, 5.41) is 9.56. The minimum atomic E-state index is -0.278. The molecule has 0 amide bonds. The fraction of sp³-hybridized carbons (Fsp3) is 0.387. The Morgan fingerprint density at radius 2 is 1.15 bits per heavy atom. The highest BCUT2D eigenvalue weighted by molar-refractivity contribution is 9.09. The molecule has 0 heterocycles. The Hall–Kier alpha value is -2.62. The zero-order valence-electron chi connectivity index (χ0n) is 23.8. The van der Waals surface area contributed by atoms with Crippen LogP contribution in [0.2, 0.25) is 0 Å². The molecule has 3 rings (SSSR count). The van der Waals surface area contributed by atoms with Gasteiger partial charge >= 0.3 is 0 Å². The smallest absolute Gasteiger partial charge is 0.191 e. The number of para-hydroxylation sites is 3. The van der Waals surface area contributed by atoms with Gasteiger partial charge in [0.25, 0.3) is 0 Å². The maximum Gasteiger partial charge on any atom is 0.191 e. The third kappa shape index (κ3) is 24.4. The Labute approximate surface area is 254 Å². The van der Waals surface area contributed by atoms with Crippen molar-refractivity contribution in [3.8, 4) is 17.2 Å². The van der Waals surface area contributed by atoms with Crippen LogP contribution in [0, 0.1) is 0 Å². The van der Waals surface area contributed by atoms with Crippen molar-refractivity contribution in [1.82, 2.24) is 0 Å². The normalized spacial score (nSPS) is 10.2. The van der Waals surface area contributed by atoms with E-state index in [2.05, 4.69) is 15.9 Å². The van der Waals surface area contributed by atoms with Gasteiger partial charge in [0.1, 0.15) is 30.5 Å². The SMILES string of the molecule is CCOC(C)CBr.CCOC(COc1ccccc1)OCC.Cl.O=CCOc1ccccc1.Oc1ccccc1. The highest BCUT2D eigenvalue weighted by atomic mass is 79.9. The van der Waals surface area contributed by atoms with Crippen molar-refractivity contribution in [3.63, 3.8) is 0 Å². The second kappa shape index (κ2) is 29.4. The number of ether oxygens (including phenoxy) is 5. The number of aromatic hydroxyl groups is 1. The van der Waals surface area contributed by atoms with Gasteiger partial charge in [-0.15, -0.1) is 12.4 Å². The zero-order chi connectivity index (χ0) is 29.0. The molecule has 0 radical (unpaired) electrons. The van der Waals surface area contributed by atoms with Gasteiger partial charge in [0.2, 0.25) is 0 Å². The third-order valence-electron chi connectivity index (χ3n) is 4.32. The molecule has 40 heavy (non-hydrogen) atoms. The molecule has 224 valence electrons. The van der Waals surface area contributed by atoms with E-state index in [1.54, 1.807) is 24.3 Å². The number of benzene rings is 3. The van der Waals surface area contributed by atoms with Crippen molar-refractivity contribution in [2.45, 2.75) is 40.1 Å². The van der Waals surface area contributed by atoms with Gasteiger partial charge in [-0.3, -0.25) is 4.79 Å².